The molecular weight excluding hydrogens is 358 g/mol. The van der Waals surface area contributed by atoms with Gasteiger partial charge in [-0.2, -0.15) is 0 Å². The fourth-order valence-electron chi connectivity index (χ4n) is 1.98. The Balaban J connectivity index is 2.07. The topological polar surface area (TPSA) is 47.6 Å². The van der Waals surface area contributed by atoms with Crippen molar-refractivity contribution in [3.8, 4) is 11.5 Å². The summed E-state index contributed by atoms with van der Waals surface area (Å²) < 4.78 is 11.4. The molecule has 0 fully saturated rings. The molecule has 0 spiro atoms. The number of halogens is 1. The zero-order valence-electron chi connectivity index (χ0n) is 13.2. The van der Waals surface area contributed by atoms with E-state index in [-0.39, 0.29) is 5.91 Å². The normalized spacial score (nSPS) is 10.6. The van der Waals surface area contributed by atoms with Gasteiger partial charge in [0, 0.05) is 16.2 Å². The van der Waals surface area contributed by atoms with Crippen LogP contribution in [0.2, 0.25) is 0 Å². The van der Waals surface area contributed by atoms with Crippen LogP contribution in [0.15, 0.2) is 46.9 Å². The highest BCUT2D eigenvalue weighted by atomic mass is 79.9. The molecular formula is C18H18BrNO3. The van der Waals surface area contributed by atoms with Crippen LogP contribution in [0.4, 0.5) is 5.69 Å². The molecule has 0 atom stereocenters. The number of hydrogen-bond donors (Lipinski definition) is 1. The maximum Gasteiger partial charge on any atom is 0.248 e. The highest BCUT2D eigenvalue weighted by molar-refractivity contribution is 9.10. The molecule has 1 amide bonds. The Morgan fingerprint density at radius 1 is 1.09 bits per heavy atom. The van der Waals surface area contributed by atoms with Gasteiger partial charge in [-0.3, -0.25) is 4.79 Å². The maximum absolute atomic E-state index is 12.0. The molecule has 0 unspecified atom stereocenters. The van der Waals surface area contributed by atoms with Crippen molar-refractivity contribution in [1.82, 2.24) is 0 Å². The van der Waals surface area contributed by atoms with E-state index in [2.05, 4.69) is 21.2 Å². The van der Waals surface area contributed by atoms with Gasteiger partial charge in [0.05, 0.1) is 14.2 Å². The minimum Gasteiger partial charge on any atom is -0.493 e. The quantitative estimate of drug-likeness (QED) is 0.786. The van der Waals surface area contributed by atoms with Gasteiger partial charge in [-0.25, -0.2) is 0 Å². The fraction of sp³-hybridized carbons (Fsp3) is 0.167. The Bertz CT molecular complexity index is 741. The summed E-state index contributed by atoms with van der Waals surface area (Å²) in [6.45, 7) is 1.99. The molecule has 1 N–H and O–H groups in total. The number of methoxy groups -OCH3 is 2. The number of aryl methyl sites for hydroxylation is 1. The molecule has 2 aromatic carbocycles. The zero-order chi connectivity index (χ0) is 16.8. The van der Waals surface area contributed by atoms with E-state index in [9.17, 15) is 4.79 Å². The minimum absolute atomic E-state index is 0.199. The molecule has 2 rings (SSSR count). The first kappa shape index (κ1) is 17.1. The summed E-state index contributed by atoms with van der Waals surface area (Å²) in [5.41, 5.74) is 2.70. The second-order valence-electron chi connectivity index (χ2n) is 4.90. The Kier molecular flexibility index (Phi) is 5.82. The van der Waals surface area contributed by atoms with Crippen molar-refractivity contribution < 1.29 is 14.3 Å². The number of hydrogen-bond acceptors (Lipinski definition) is 3. The third-order valence-corrected chi connectivity index (χ3v) is 4.13. The van der Waals surface area contributed by atoms with Crippen LogP contribution in [0.5, 0.6) is 11.5 Å². The number of nitrogens with one attached hydrogen (secondary N) is 1. The summed E-state index contributed by atoms with van der Waals surface area (Å²) in [7, 11) is 3.16. The largest absolute Gasteiger partial charge is 0.493 e. The Morgan fingerprint density at radius 3 is 2.48 bits per heavy atom. The summed E-state index contributed by atoms with van der Waals surface area (Å²) in [4.78, 5) is 12.0. The summed E-state index contributed by atoms with van der Waals surface area (Å²) >= 11 is 3.45. The highest BCUT2D eigenvalue weighted by Crippen LogP contribution is 2.28. The number of ether oxygens (including phenoxy) is 2. The van der Waals surface area contributed by atoms with E-state index in [1.807, 2.05) is 37.3 Å². The van der Waals surface area contributed by atoms with Crippen molar-refractivity contribution in [2.24, 2.45) is 0 Å². The van der Waals surface area contributed by atoms with Crippen LogP contribution in [0, 0.1) is 6.92 Å². The number of benzene rings is 2. The Hall–Kier alpha value is -2.27. The van der Waals surface area contributed by atoms with Crippen molar-refractivity contribution >= 4 is 33.6 Å². The lowest BCUT2D eigenvalue weighted by atomic mass is 10.2. The third-order valence-electron chi connectivity index (χ3n) is 3.27. The Labute approximate surface area is 144 Å². The molecule has 0 aliphatic carbocycles. The van der Waals surface area contributed by atoms with E-state index in [0.29, 0.717) is 11.5 Å². The standard InChI is InChI=1S/C18H18BrNO3/c1-12-4-7-14(11-15(12)19)20-18(21)9-6-13-5-8-16(22-2)17(10-13)23-3/h4-11H,1-3H3,(H,20,21). The Morgan fingerprint density at radius 2 is 1.83 bits per heavy atom. The zero-order valence-corrected chi connectivity index (χ0v) is 14.8. The van der Waals surface area contributed by atoms with Gasteiger partial charge in [-0.15, -0.1) is 0 Å². The smallest absolute Gasteiger partial charge is 0.248 e. The predicted octanol–water partition coefficient (Wildman–Crippen LogP) is 4.43. The van der Waals surface area contributed by atoms with Crippen LogP contribution in [0.1, 0.15) is 11.1 Å². The number of carbonyl (C=O) groups excluding carboxylic acids is 1. The van der Waals surface area contributed by atoms with Gasteiger partial charge in [0.25, 0.3) is 0 Å². The summed E-state index contributed by atoms with van der Waals surface area (Å²) in [6, 6.07) is 11.1. The summed E-state index contributed by atoms with van der Waals surface area (Å²) in [5, 5.41) is 2.82. The highest BCUT2D eigenvalue weighted by Gasteiger charge is 2.04. The van der Waals surface area contributed by atoms with E-state index in [1.54, 1.807) is 26.4 Å². The average molecular weight is 376 g/mol. The molecule has 0 bridgehead atoms. The minimum atomic E-state index is -0.199. The molecule has 0 aliphatic rings. The molecule has 0 aliphatic heterocycles. The van der Waals surface area contributed by atoms with Crippen LogP contribution in [-0.2, 0) is 4.79 Å². The summed E-state index contributed by atoms with van der Waals surface area (Å²) in [6.07, 6.45) is 3.20. The first-order valence-corrected chi connectivity index (χ1v) is 7.80. The lowest BCUT2D eigenvalue weighted by Crippen LogP contribution is -2.07. The summed E-state index contributed by atoms with van der Waals surface area (Å²) in [5.74, 6) is 1.08. The van der Waals surface area contributed by atoms with Crippen LogP contribution in [0.25, 0.3) is 6.08 Å². The van der Waals surface area contributed by atoms with E-state index in [0.717, 1.165) is 21.3 Å². The van der Waals surface area contributed by atoms with Crippen LogP contribution in [0.3, 0.4) is 0 Å². The molecule has 2 aromatic rings. The lowest BCUT2D eigenvalue weighted by Gasteiger charge is -2.07. The molecule has 5 heteroatoms. The second kappa shape index (κ2) is 7.83. The van der Waals surface area contributed by atoms with Crippen molar-refractivity contribution in [2.45, 2.75) is 6.92 Å². The molecule has 23 heavy (non-hydrogen) atoms. The van der Waals surface area contributed by atoms with Crippen molar-refractivity contribution in [3.63, 3.8) is 0 Å². The van der Waals surface area contributed by atoms with Crippen molar-refractivity contribution in [2.75, 3.05) is 19.5 Å². The van der Waals surface area contributed by atoms with Crippen LogP contribution >= 0.6 is 15.9 Å². The van der Waals surface area contributed by atoms with Crippen LogP contribution in [-0.4, -0.2) is 20.1 Å². The van der Waals surface area contributed by atoms with E-state index in [4.69, 9.17) is 9.47 Å². The van der Waals surface area contributed by atoms with Gasteiger partial charge in [0.15, 0.2) is 11.5 Å². The molecule has 0 saturated heterocycles. The van der Waals surface area contributed by atoms with E-state index >= 15 is 0 Å². The van der Waals surface area contributed by atoms with Crippen LogP contribution < -0.4 is 14.8 Å². The van der Waals surface area contributed by atoms with Crippen molar-refractivity contribution in [1.29, 1.82) is 0 Å². The number of amides is 1. The van der Waals surface area contributed by atoms with E-state index < -0.39 is 0 Å². The SMILES string of the molecule is COc1ccc(C=CC(=O)Nc2ccc(C)c(Br)c2)cc1OC. The monoisotopic (exact) mass is 375 g/mol. The first-order valence-electron chi connectivity index (χ1n) is 7.00. The van der Waals surface area contributed by atoms with Gasteiger partial charge >= 0.3 is 0 Å². The first-order chi connectivity index (χ1) is 11.0. The van der Waals surface area contributed by atoms with E-state index in [1.165, 1.54) is 6.08 Å². The fourth-order valence-corrected chi connectivity index (χ4v) is 2.36. The third kappa shape index (κ3) is 4.60. The predicted molar refractivity (Wildman–Crippen MR) is 96.1 cm³/mol. The van der Waals surface area contributed by atoms with Crippen molar-refractivity contribution in [3.05, 3.63) is 58.1 Å². The molecule has 0 aromatic heterocycles. The average Bonchev–Trinajstić information content (AvgIpc) is 2.56. The number of anilines is 1. The second-order valence-corrected chi connectivity index (χ2v) is 5.76. The number of rotatable bonds is 5. The van der Waals surface area contributed by atoms with Gasteiger partial charge in [0.1, 0.15) is 0 Å². The molecule has 120 valence electrons. The molecule has 0 saturated carbocycles. The van der Waals surface area contributed by atoms with Gasteiger partial charge < -0.3 is 14.8 Å². The lowest BCUT2D eigenvalue weighted by molar-refractivity contribution is -0.111. The molecule has 4 nitrogen and oxygen atoms in total. The van der Waals surface area contributed by atoms with Gasteiger partial charge in [-0.1, -0.05) is 28.1 Å². The van der Waals surface area contributed by atoms with Gasteiger partial charge in [0.2, 0.25) is 5.91 Å². The molecule has 0 heterocycles. The van der Waals surface area contributed by atoms with Gasteiger partial charge in [-0.05, 0) is 48.4 Å². The number of carbonyl (C=O) groups is 1. The molecule has 0 radical (unpaired) electrons. The maximum atomic E-state index is 12.0.